The van der Waals surface area contributed by atoms with Crippen molar-refractivity contribution in [3.63, 3.8) is 0 Å². The van der Waals surface area contributed by atoms with Crippen molar-refractivity contribution in [2.45, 2.75) is 31.2 Å². The summed E-state index contributed by atoms with van der Waals surface area (Å²) in [6.45, 7) is 0.716. The number of carboxylic acids is 1. The van der Waals surface area contributed by atoms with Crippen LogP contribution in [0.25, 0.3) is 10.9 Å². The highest BCUT2D eigenvalue weighted by molar-refractivity contribution is 5.87. The van der Waals surface area contributed by atoms with Crippen molar-refractivity contribution >= 4 is 22.8 Å². The number of aryl methyl sites for hydroxylation is 1. The molecular formula is C17H20N2O4. The van der Waals surface area contributed by atoms with E-state index in [9.17, 15) is 14.7 Å². The number of carbonyl (C=O) groups excluding carboxylic acids is 1. The summed E-state index contributed by atoms with van der Waals surface area (Å²) in [4.78, 5) is 26.8. The number of aromatic amines is 1. The number of hydrogen-bond donors (Lipinski definition) is 3. The number of amides is 1. The van der Waals surface area contributed by atoms with Crippen LogP contribution in [0.1, 0.15) is 24.8 Å². The van der Waals surface area contributed by atoms with E-state index in [1.165, 1.54) is 0 Å². The van der Waals surface area contributed by atoms with Crippen molar-refractivity contribution in [2.75, 3.05) is 13.2 Å². The van der Waals surface area contributed by atoms with Crippen molar-refractivity contribution in [2.24, 2.45) is 0 Å². The van der Waals surface area contributed by atoms with Crippen LogP contribution in [0.5, 0.6) is 0 Å². The molecule has 0 saturated carbocycles. The number of nitrogens with one attached hydrogen (secondary N) is 2. The lowest BCUT2D eigenvalue weighted by molar-refractivity contribution is -0.152. The van der Waals surface area contributed by atoms with Crippen LogP contribution in [0.4, 0.5) is 0 Å². The van der Waals surface area contributed by atoms with Crippen LogP contribution in [-0.2, 0) is 20.7 Å². The van der Waals surface area contributed by atoms with E-state index in [0.717, 1.165) is 16.5 Å². The van der Waals surface area contributed by atoms with Gasteiger partial charge in [-0.15, -0.1) is 0 Å². The van der Waals surface area contributed by atoms with Crippen LogP contribution in [0.3, 0.4) is 0 Å². The fourth-order valence-corrected chi connectivity index (χ4v) is 2.96. The molecule has 6 nitrogen and oxygen atoms in total. The minimum absolute atomic E-state index is 0.233. The fourth-order valence-electron chi connectivity index (χ4n) is 2.96. The molecule has 2 heterocycles. The number of hydrogen-bond acceptors (Lipinski definition) is 3. The maximum Gasteiger partial charge on any atom is 0.329 e. The average molecular weight is 316 g/mol. The number of carbonyl (C=O) groups is 2. The van der Waals surface area contributed by atoms with Gasteiger partial charge in [-0.25, -0.2) is 4.79 Å². The van der Waals surface area contributed by atoms with Crippen molar-refractivity contribution in [1.29, 1.82) is 0 Å². The molecule has 0 atom stereocenters. The highest BCUT2D eigenvalue weighted by Gasteiger charge is 2.41. The van der Waals surface area contributed by atoms with E-state index in [4.69, 9.17) is 4.74 Å². The standard InChI is InChI=1S/C17H20N2O4/c20-15(19-17(16(21)22)6-9-23-10-7-17)4-2-12-1-3-14-13(11-12)5-8-18-14/h1,3,5,8,11,18H,2,4,6-7,9-10H2,(H,19,20)(H,21,22). The van der Waals surface area contributed by atoms with Crippen LogP contribution in [0.2, 0.25) is 0 Å². The SMILES string of the molecule is O=C(CCc1ccc2[nH]ccc2c1)NC1(C(=O)O)CCOCC1. The van der Waals surface area contributed by atoms with Crippen LogP contribution in [0, 0.1) is 0 Å². The number of fused-ring (bicyclic) bond motifs is 1. The molecule has 0 aliphatic carbocycles. The summed E-state index contributed by atoms with van der Waals surface area (Å²) in [6, 6.07) is 7.99. The number of benzene rings is 1. The maximum atomic E-state index is 12.2. The Labute approximate surface area is 133 Å². The summed E-state index contributed by atoms with van der Waals surface area (Å²) >= 11 is 0. The lowest BCUT2D eigenvalue weighted by atomic mass is 9.90. The van der Waals surface area contributed by atoms with E-state index in [2.05, 4.69) is 10.3 Å². The molecule has 2 aromatic rings. The molecule has 3 rings (SSSR count). The Bertz CT molecular complexity index is 716. The normalized spacial score (nSPS) is 17.0. The number of aromatic nitrogens is 1. The first-order valence-corrected chi connectivity index (χ1v) is 7.77. The zero-order valence-electron chi connectivity index (χ0n) is 12.8. The molecule has 0 radical (unpaired) electrons. The molecule has 0 spiro atoms. The summed E-state index contributed by atoms with van der Waals surface area (Å²) in [7, 11) is 0. The summed E-state index contributed by atoms with van der Waals surface area (Å²) in [6.07, 6.45) is 3.35. The second kappa shape index (κ2) is 6.42. The monoisotopic (exact) mass is 316 g/mol. The summed E-state index contributed by atoms with van der Waals surface area (Å²) in [5, 5.41) is 13.3. The molecule has 1 fully saturated rings. The van der Waals surface area contributed by atoms with Crippen molar-refractivity contribution in [3.8, 4) is 0 Å². The minimum Gasteiger partial charge on any atom is -0.480 e. The Morgan fingerprint density at radius 1 is 1.26 bits per heavy atom. The lowest BCUT2D eigenvalue weighted by Crippen LogP contribution is -2.57. The molecule has 23 heavy (non-hydrogen) atoms. The number of H-pyrrole nitrogens is 1. The highest BCUT2D eigenvalue weighted by Crippen LogP contribution is 2.21. The van der Waals surface area contributed by atoms with Gasteiger partial charge in [-0.1, -0.05) is 6.07 Å². The zero-order valence-corrected chi connectivity index (χ0v) is 12.8. The Morgan fingerprint density at radius 2 is 2.04 bits per heavy atom. The second-order valence-electron chi connectivity index (χ2n) is 5.95. The Kier molecular flexibility index (Phi) is 4.34. The minimum atomic E-state index is -1.18. The molecule has 1 aromatic carbocycles. The van der Waals surface area contributed by atoms with Crippen molar-refractivity contribution < 1.29 is 19.4 Å². The molecule has 1 aliphatic rings. The van der Waals surface area contributed by atoms with E-state index >= 15 is 0 Å². The third-order valence-corrected chi connectivity index (χ3v) is 4.39. The summed E-state index contributed by atoms with van der Waals surface area (Å²) < 4.78 is 5.20. The molecular weight excluding hydrogens is 296 g/mol. The van der Waals surface area contributed by atoms with Gasteiger partial charge in [0.1, 0.15) is 5.54 Å². The van der Waals surface area contributed by atoms with Gasteiger partial charge in [-0.2, -0.15) is 0 Å². The number of ether oxygens (including phenoxy) is 1. The molecule has 1 aliphatic heterocycles. The van der Waals surface area contributed by atoms with E-state index < -0.39 is 11.5 Å². The third kappa shape index (κ3) is 3.37. The van der Waals surface area contributed by atoms with E-state index in [-0.39, 0.29) is 12.3 Å². The van der Waals surface area contributed by atoms with E-state index in [1.807, 2.05) is 30.5 Å². The Balaban J connectivity index is 1.61. The van der Waals surface area contributed by atoms with Gasteiger partial charge in [0.2, 0.25) is 5.91 Å². The van der Waals surface area contributed by atoms with Gasteiger partial charge in [0.25, 0.3) is 0 Å². The quantitative estimate of drug-likeness (QED) is 0.785. The fraction of sp³-hybridized carbons (Fsp3) is 0.412. The first-order chi connectivity index (χ1) is 11.1. The molecule has 122 valence electrons. The van der Waals surface area contributed by atoms with E-state index in [0.29, 0.717) is 32.5 Å². The van der Waals surface area contributed by atoms with Gasteiger partial charge in [-0.05, 0) is 35.6 Å². The van der Waals surface area contributed by atoms with Crippen molar-refractivity contribution in [1.82, 2.24) is 10.3 Å². The summed E-state index contributed by atoms with van der Waals surface area (Å²) in [5.74, 6) is -1.22. The molecule has 3 N–H and O–H groups in total. The molecule has 6 heteroatoms. The molecule has 0 bridgehead atoms. The largest absolute Gasteiger partial charge is 0.480 e. The lowest BCUT2D eigenvalue weighted by Gasteiger charge is -2.33. The molecule has 1 saturated heterocycles. The van der Waals surface area contributed by atoms with Gasteiger partial charge < -0.3 is 20.1 Å². The maximum absolute atomic E-state index is 12.2. The average Bonchev–Trinajstić information content (AvgIpc) is 3.01. The number of carboxylic acid groups (broad SMARTS) is 1. The molecule has 1 aromatic heterocycles. The van der Waals surface area contributed by atoms with Crippen LogP contribution >= 0.6 is 0 Å². The predicted molar refractivity (Wildman–Crippen MR) is 85.2 cm³/mol. The Morgan fingerprint density at radius 3 is 2.78 bits per heavy atom. The first kappa shape index (κ1) is 15.6. The van der Waals surface area contributed by atoms with Crippen LogP contribution in [0.15, 0.2) is 30.5 Å². The van der Waals surface area contributed by atoms with Gasteiger partial charge >= 0.3 is 5.97 Å². The molecule has 0 unspecified atom stereocenters. The van der Waals surface area contributed by atoms with Gasteiger partial charge in [-0.3, -0.25) is 4.79 Å². The van der Waals surface area contributed by atoms with Gasteiger partial charge in [0.05, 0.1) is 0 Å². The topological polar surface area (TPSA) is 91.4 Å². The summed E-state index contributed by atoms with van der Waals surface area (Å²) in [5.41, 5.74) is 0.939. The number of rotatable bonds is 5. The van der Waals surface area contributed by atoms with Crippen LogP contribution < -0.4 is 5.32 Å². The third-order valence-electron chi connectivity index (χ3n) is 4.39. The zero-order chi connectivity index (χ0) is 16.3. The highest BCUT2D eigenvalue weighted by atomic mass is 16.5. The van der Waals surface area contributed by atoms with Crippen LogP contribution in [-0.4, -0.2) is 40.7 Å². The second-order valence-corrected chi connectivity index (χ2v) is 5.95. The number of aliphatic carboxylic acids is 1. The predicted octanol–water partition coefficient (Wildman–Crippen LogP) is 1.85. The Hall–Kier alpha value is -2.34. The van der Waals surface area contributed by atoms with Gasteiger partial charge in [0, 0.05) is 44.2 Å². The smallest absolute Gasteiger partial charge is 0.329 e. The van der Waals surface area contributed by atoms with Crippen molar-refractivity contribution in [3.05, 3.63) is 36.0 Å². The van der Waals surface area contributed by atoms with E-state index in [1.54, 1.807) is 0 Å². The van der Waals surface area contributed by atoms with Gasteiger partial charge in [0.15, 0.2) is 0 Å². The first-order valence-electron chi connectivity index (χ1n) is 7.77. The molecule has 1 amide bonds.